The topological polar surface area (TPSA) is 198 Å². The molecule has 0 amide bonds. The minimum absolute atomic E-state index is 0.000220. The average molecular weight is 503 g/mol. The van der Waals surface area contributed by atoms with Crippen LogP contribution in [0.15, 0.2) is 55.3 Å². The maximum Gasteiger partial charge on any atom is 0.240 e. The van der Waals surface area contributed by atoms with E-state index in [1.54, 1.807) is 24.3 Å². The Labute approximate surface area is 195 Å². The van der Waals surface area contributed by atoms with E-state index in [4.69, 9.17) is 10.9 Å². The molecular formula is C20H22N8O4S2. The Hall–Kier alpha value is -3.20. The van der Waals surface area contributed by atoms with E-state index in [0.717, 1.165) is 0 Å². The molecule has 34 heavy (non-hydrogen) atoms. The van der Waals surface area contributed by atoms with Gasteiger partial charge in [-0.05, 0) is 55.3 Å². The van der Waals surface area contributed by atoms with Crippen LogP contribution < -0.4 is 16.2 Å². The van der Waals surface area contributed by atoms with E-state index in [1.165, 1.54) is 6.07 Å². The zero-order valence-corrected chi connectivity index (χ0v) is 19.5. The van der Waals surface area contributed by atoms with Crippen LogP contribution in [0.4, 0.5) is 5.95 Å². The van der Waals surface area contributed by atoms with Gasteiger partial charge in [-0.3, -0.25) is 0 Å². The lowest BCUT2D eigenvalue weighted by molar-refractivity contribution is 0.495. The number of fused-ring (bicyclic) bond motifs is 1. The van der Waals surface area contributed by atoms with Gasteiger partial charge in [0.05, 0.1) is 21.2 Å². The molecule has 12 nitrogen and oxygen atoms in total. The summed E-state index contributed by atoms with van der Waals surface area (Å²) in [6.07, 6.45) is 0.726. The van der Waals surface area contributed by atoms with Gasteiger partial charge in [0.25, 0.3) is 0 Å². The summed E-state index contributed by atoms with van der Waals surface area (Å²) < 4.78 is 53.0. The van der Waals surface area contributed by atoms with Gasteiger partial charge in [-0.25, -0.2) is 32.0 Å². The van der Waals surface area contributed by atoms with Gasteiger partial charge < -0.3 is 16.0 Å². The number of hydrogen-bond acceptors (Lipinski definition) is 10. The Kier molecular flexibility index (Phi) is 5.47. The Balaban J connectivity index is 1.81. The number of aliphatic imine (C=N–C) groups is 1. The van der Waals surface area contributed by atoms with Crippen LogP contribution in [0.25, 0.3) is 22.2 Å². The monoisotopic (exact) mass is 502 g/mol. The highest BCUT2D eigenvalue weighted by Gasteiger charge is 2.37. The van der Waals surface area contributed by atoms with Gasteiger partial charge in [0, 0.05) is 5.56 Å². The van der Waals surface area contributed by atoms with Gasteiger partial charge in [-0.2, -0.15) is 5.11 Å². The summed E-state index contributed by atoms with van der Waals surface area (Å²) in [5.41, 5.74) is 7.97. The minimum Gasteiger partial charge on any atom is -0.369 e. The summed E-state index contributed by atoms with van der Waals surface area (Å²) in [4.78, 5) is 10.4. The molecule has 178 valence electrons. The number of anilines is 1. The summed E-state index contributed by atoms with van der Waals surface area (Å²) >= 11 is 0. The molecule has 2 aromatic carbocycles. The number of rotatable bonds is 5. The third-order valence-electron chi connectivity index (χ3n) is 5.92. The molecule has 1 fully saturated rings. The first-order chi connectivity index (χ1) is 16.2. The number of aromatic amines is 1. The molecule has 0 bridgehead atoms. The van der Waals surface area contributed by atoms with Crippen LogP contribution in [0.1, 0.15) is 18.4 Å². The van der Waals surface area contributed by atoms with Crippen molar-refractivity contribution in [2.24, 2.45) is 20.4 Å². The summed E-state index contributed by atoms with van der Waals surface area (Å²) in [6, 6.07) is 8.03. The van der Waals surface area contributed by atoms with Gasteiger partial charge in [0.2, 0.25) is 10.0 Å². The van der Waals surface area contributed by atoms with Crippen LogP contribution in [0.5, 0.6) is 0 Å². The molecule has 0 saturated carbocycles. The quantitative estimate of drug-likeness (QED) is 0.401. The molecule has 3 aromatic rings. The third kappa shape index (κ3) is 3.87. The molecule has 0 aliphatic carbocycles. The van der Waals surface area contributed by atoms with Crippen molar-refractivity contribution in [3.63, 3.8) is 0 Å². The average Bonchev–Trinajstić information content (AvgIpc) is 3.46. The lowest BCUT2D eigenvalue weighted by Gasteiger charge is -2.24. The number of piperidine rings is 1. The third-order valence-corrected chi connectivity index (χ3v) is 9.35. The van der Waals surface area contributed by atoms with Crippen LogP contribution in [0, 0.1) is 0 Å². The number of primary sulfonamides is 1. The first-order valence-corrected chi connectivity index (χ1v) is 13.6. The van der Waals surface area contributed by atoms with E-state index in [1.807, 2.05) is 0 Å². The molecule has 2 aliphatic heterocycles. The zero-order valence-electron chi connectivity index (χ0n) is 17.9. The second-order valence-corrected chi connectivity index (χ2v) is 11.8. The molecule has 0 unspecified atom stereocenters. The predicted octanol–water partition coefficient (Wildman–Crippen LogP) is 1.16. The number of benzene rings is 2. The van der Waals surface area contributed by atoms with Crippen molar-refractivity contribution in [1.82, 2.24) is 15.3 Å². The van der Waals surface area contributed by atoms with E-state index in [0.29, 0.717) is 48.1 Å². The van der Waals surface area contributed by atoms with E-state index in [2.05, 4.69) is 30.5 Å². The van der Waals surface area contributed by atoms with Gasteiger partial charge in [0.1, 0.15) is 4.90 Å². The van der Waals surface area contributed by atoms with Crippen molar-refractivity contribution in [2.45, 2.75) is 27.9 Å². The molecule has 0 spiro atoms. The van der Waals surface area contributed by atoms with Gasteiger partial charge in [-0.1, -0.05) is 12.1 Å². The highest BCUT2D eigenvalue weighted by atomic mass is 32.2. The first-order valence-electron chi connectivity index (χ1n) is 10.5. The number of nitrogens with two attached hydrogens (primary N) is 2. The van der Waals surface area contributed by atoms with E-state index in [-0.39, 0.29) is 28.9 Å². The largest absolute Gasteiger partial charge is 0.369 e. The standard InChI is InChI=1S/C20H22N8O4S2/c21-20-26-14-3-1-11(9-15(14)27-20)13-2-4-16(33(29,30)12-5-7-23-8-6-12)18(34(22,31)32)17(13)19-24-10-25-28-19/h1-4,9,12,23H,5-8,10H2,(H3,21,26,27)(H2,22,31,32). The van der Waals surface area contributed by atoms with Crippen LogP contribution in [-0.2, 0) is 19.9 Å². The SMILES string of the molecule is Nc1nc2ccc(-c3ccc(S(=O)(=O)C4CCNCC4)c(S(N)(=O)=O)c3C3=NCN=N3)cc2[nH]1. The number of aromatic nitrogens is 2. The van der Waals surface area contributed by atoms with Crippen LogP contribution in [0.3, 0.4) is 0 Å². The number of nitrogens with zero attached hydrogens (tertiary/aromatic N) is 4. The molecular weight excluding hydrogens is 480 g/mol. The van der Waals surface area contributed by atoms with Crippen molar-refractivity contribution < 1.29 is 16.8 Å². The number of hydrogen-bond donors (Lipinski definition) is 4. The Bertz CT molecular complexity index is 1570. The maximum absolute atomic E-state index is 13.6. The minimum atomic E-state index is -4.51. The molecule has 0 atom stereocenters. The van der Waals surface area contributed by atoms with Crippen LogP contribution >= 0.6 is 0 Å². The number of H-pyrrole nitrogens is 1. The highest BCUT2D eigenvalue weighted by molar-refractivity contribution is 7.94. The van der Waals surface area contributed by atoms with Crippen molar-refractivity contribution in [2.75, 3.05) is 25.5 Å². The smallest absolute Gasteiger partial charge is 0.240 e. The second-order valence-electron chi connectivity index (χ2n) is 8.07. The zero-order chi connectivity index (χ0) is 24.1. The fourth-order valence-corrected chi connectivity index (χ4v) is 7.74. The summed E-state index contributed by atoms with van der Waals surface area (Å²) in [5.74, 6) is 0.237. The van der Waals surface area contributed by atoms with Gasteiger partial charge >= 0.3 is 0 Å². The molecule has 0 radical (unpaired) electrons. The highest BCUT2D eigenvalue weighted by Crippen LogP contribution is 2.37. The Morgan fingerprint density at radius 1 is 1.03 bits per heavy atom. The predicted molar refractivity (Wildman–Crippen MR) is 127 cm³/mol. The number of nitrogens with one attached hydrogen (secondary N) is 2. The Morgan fingerprint density at radius 3 is 2.47 bits per heavy atom. The lowest BCUT2D eigenvalue weighted by Crippen LogP contribution is -2.36. The molecule has 5 rings (SSSR count). The number of amidine groups is 1. The van der Waals surface area contributed by atoms with E-state index < -0.39 is 30.0 Å². The fraction of sp³-hybridized carbons (Fsp3) is 0.300. The number of nitrogen functional groups attached to an aromatic ring is 1. The summed E-state index contributed by atoms with van der Waals surface area (Å²) in [7, 11) is -8.53. The summed E-state index contributed by atoms with van der Waals surface area (Å²) in [5, 5.41) is 15.8. The summed E-state index contributed by atoms with van der Waals surface area (Å²) in [6.45, 7) is 1.04. The normalized spacial score (nSPS) is 17.4. The van der Waals surface area contributed by atoms with Crippen LogP contribution in [-0.4, -0.2) is 57.6 Å². The maximum atomic E-state index is 13.6. The van der Waals surface area contributed by atoms with Gasteiger partial charge in [-0.15, -0.1) is 5.11 Å². The molecule has 1 saturated heterocycles. The van der Waals surface area contributed by atoms with Crippen molar-refractivity contribution >= 4 is 42.7 Å². The molecule has 14 heteroatoms. The van der Waals surface area contributed by atoms with Crippen molar-refractivity contribution in [1.29, 1.82) is 0 Å². The first kappa shape index (κ1) is 22.6. The molecule has 2 aliphatic rings. The van der Waals surface area contributed by atoms with E-state index >= 15 is 0 Å². The number of sulfonamides is 1. The van der Waals surface area contributed by atoms with Crippen molar-refractivity contribution in [3.8, 4) is 11.1 Å². The number of sulfone groups is 1. The molecule has 6 N–H and O–H groups in total. The number of azo groups is 1. The van der Waals surface area contributed by atoms with E-state index in [9.17, 15) is 16.8 Å². The Morgan fingerprint density at radius 2 is 1.79 bits per heavy atom. The van der Waals surface area contributed by atoms with Gasteiger partial charge in [0.15, 0.2) is 28.3 Å². The molecule has 3 heterocycles. The van der Waals surface area contributed by atoms with Crippen molar-refractivity contribution in [3.05, 3.63) is 35.9 Å². The fourth-order valence-electron chi connectivity index (χ4n) is 4.37. The number of imidazole rings is 1. The van der Waals surface area contributed by atoms with Crippen LogP contribution in [0.2, 0.25) is 0 Å². The second kappa shape index (κ2) is 8.23. The lowest BCUT2D eigenvalue weighted by atomic mass is 9.98. The molecule has 1 aromatic heterocycles.